The summed E-state index contributed by atoms with van der Waals surface area (Å²) in [6.07, 6.45) is 0. The lowest BCUT2D eigenvalue weighted by atomic mass is 10.1. The molecule has 3 N–H and O–H groups in total. The molecule has 0 aliphatic rings. The van der Waals surface area contributed by atoms with E-state index in [1.54, 1.807) is 11.4 Å². The van der Waals surface area contributed by atoms with Crippen LogP contribution in [0.1, 0.15) is 5.56 Å². The lowest BCUT2D eigenvalue weighted by Gasteiger charge is -2.13. The number of hydrogen-bond acceptors (Lipinski definition) is 6. The Bertz CT molecular complexity index is 1110. The Kier molecular flexibility index (Phi) is 3.74. The van der Waals surface area contributed by atoms with E-state index in [4.69, 9.17) is 10.2 Å². The summed E-state index contributed by atoms with van der Waals surface area (Å²) in [5.74, 6) is 0. The minimum atomic E-state index is -0.446. The van der Waals surface area contributed by atoms with Crippen molar-refractivity contribution in [3.8, 4) is 11.3 Å². The van der Waals surface area contributed by atoms with Gasteiger partial charge in [0.05, 0.1) is 11.4 Å². The quantitative estimate of drug-likeness (QED) is 0.530. The van der Waals surface area contributed by atoms with E-state index in [1.807, 2.05) is 49.4 Å². The Morgan fingerprint density at radius 3 is 2.60 bits per heavy atom. The summed E-state index contributed by atoms with van der Waals surface area (Å²) >= 11 is 1.29. The molecular formula is C19H15N3O2S. The van der Waals surface area contributed by atoms with Crippen LogP contribution in [0.2, 0.25) is 0 Å². The molecule has 0 amide bonds. The van der Waals surface area contributed by atoms with Crippen molar-refractivity contribution in [3.05, 3.63) is 69.9 Å². The van der Waals surface area contributed by atoms with Gasteiger partial charge in [0.15, 0.2) is 5.13 Å². The molecule has 2 aromatic carbocycles. The molecule has 0 radical (unpaired) electrons. The molecule has 6 heteroatoms. The fourth-order valence-electron chi connectivity index (χ4n) is 2.70. The third kappa shape index (κ3) is 2.88. The van der Waals surface area contributed by atoms with Crippen molar-refractivity contribution < 1.29 is 4.42 Å². The fourth-order valence-corrected chi connectivity index (χ4v) is 3.25. The van der Waals surface area contributed by atoms with Crippen LogP contribution >= 0.6 is 11.3 Å². The third-order valence-electron chi connectivity index (χ3n) is 3.91. The summed E-state index contributed by atoms with van der Waals surface area (Å²) in [4.78, 5) is 16.9. The zero-order valence-electron chi connectivity index (χ0n) is 13.4. The van der Waals surface area contributed by atoms with Crippen LogP contribution in [0.5, 0.6) is 0 Å². The molecule has 0 saturated heterocycles. The number of nitrogens with two attached hydrogens (primary N) is 1. The third-order valence-corrected chi connectivity index (χ3v) is 4.59. The van der Waals surface area contributed by atoms with Crippen LogP contribution in [0, 0.1) is 6.92 Å². The van der Waals surface area contributed by atoms with Crippen molar-refractivity contribution in [2.45, 2.75) is 6.92 Å². The first-order chi connectivity index (χ1) is 12.1. The molecular weight excluding hydrogens is 334 g/mol. The molecule has 0 saturated carbocycles. The summed E-state index contributed by atoms with van der Waals surface area (Å²) in [6.45, 7) is 2.03. The SMILES string of the molecule is Cc1ccc(Nc2c(-c3csc(N)n3)c(=O)oc3ccccc23)cc1. The van der Waals surface area contributed by atoms with E-state index in [-0.39, 0.29) is 0 Å². The molecule has 0 fully saturated rings. The average molecular weight is 349 g/mol. The molecule has 0 aliphatic carbocycles. The van der Waals surface area contributed by atoms with Gasteiger partial charge < -0.3 is 15.5 Å². The molecule has 124 valence electrons. The number of benzene rings is 2. The first-order valence-electron chi connectivity index (χ1n) is 7.73. The number of nitrogens with one attached hydrogen (secondary N) is 1. The smallest absolute Gasteiger partial charge is 0.347 e. The molecule has 0 bridgehead atoms. The first kappa shape index (κ1) is 15.4. The minimum absolute atomic E-state index is 0.382. The number of hydrogen-bond donors (Lipinski definition) is 2. The van der Waals surface area contributed by atoms with Crippen LogP contribution in [0.25, 0.3) is 22.2 Å². The zero-order valence-corrected chi connectivity index (χ0v) is 14.3. The number of rotatable bonds is 3. The topological polar surface area (TPSA) is 81.1 Å². The standard InChI is InChI=1S/C19H15N3O2S/c1-11-6-8-12(9-7-11)21-17-13-4-2-3-5-15(13)24-18(23)16(17)14-10-25-19(20)22-14/h2-10,21H,1H3,(H2,20,22). The number of thiazole rings is 1. The maximum Gasteiger partial charge on any atom is 0.347 e. The highest BCUT2D eigenvalue weighted by molar-refractivity contribution is 7.13. The average Bonchev–Trinajstić information content (AvgIpc) is 3.02. The van der Waals surface area contributed by atoms with E-state index in [2.05, 4.69) is 10.3 Å². The van der Waals surface area contributed by atoms with Crippen LogP contribution in [-0.4, -0.2) is 4.98 Å². The zero-order chi connectivity index (χ0) is 17.4. The van der Waals surface area contributed by atoms with E-state index < -0.39 is 5.63 Å². The van der Waals surface area contributed by atoms with Crippen molar-refractivity contribution in [1.29, 1.82) is 0 Å². The van der Waals surface area contributed by atoms with E-state index in [0.717, 1.165) is 16.6 Å². The molecule has 4 rings (SSSR count). The number of nitrogens with zero attached hydrogens (tertiary/aromatic N) is 1. The van der Waals surface area contributed by atoms with Crippen LogP contribution in [-0.2, 0) is 0 Å². The van der Waals surface area contributed by atoms with Crippen molar-refractivity contribution in [2.24, 2.45) is 0 Å². The highest BCUT2D eigenvalue weighted by Crippen LogP contribution is 2.35. The Hall–Kier alpha value is -3.12. The molecule has 0 aliphatic heterocycles. The fraction of sp³-hybridized carbons (Fsp3) is 0.0526. The van der Waals surface area contributed by atoms with E-state index >= 15 is 0 Å². The highest BCUT2D eigenvalue weighted by atomic mass is 32.1. The van der Waals surface area contributed by atoms with Gasteiger partial charge in [-0.25, -0.2) is 9.78 Å². The summed E-state index contributed by atoms with van der Waals surface area (Å²) in [6, 6.07) is 15.4. The van der Waals surface area contributed by atoms with Crippen molar-refractivity contribution in [1.82, 2.24) is 4.98 Å². The molecule has 2 aromatic heterocycles. The van der Waals surface area contributed by atoms with Gasteiger partial charge in [-0.1, -0.05) is 29.8 Å². The van der Waals surface area contributed by atoms with Gasteiger partial charge >= 0.3 is 5.63 Å². The van der Waals surface area contributed by atoms with Crippen LogP contribution in [0.3, 0.4) is 0 Å². The monoisotopic (exact) mass is 349 g/mol. The van der Waals surface area contributed by atoms with Crippen LogP contribution in [0.15, 0.2) is 63.1 Å². The van der Waals surface area contributed by atoms with Crippen molar-refractivity contribution in [2.75, 3.05) is 11.1 Å². The van der Waals surface area contributed by atoms with E-state index in [1.165, 1.54) is 11.3 Å². The number of para-hydroxylation sites is 1. The molecule has 0 atom stereocenters. The van der Waals surface area contributed by atoms with E-state index in [0.29, 0.717) is 27.7 Å². The van der Waals surface area contributed by atoms with Gasteiger partial charge in [0.25, 0.3) is 0 Å². The lowest BCUT2D eigenvalue weighted by Crippen LogP contribution is -2.08. The second-order valence-corrected chi connectivity index (χ2v) is 6.59. The predicted octanol–water partition coefficient (Wildman–Crippen LogP) is 4.55. The van der Waals surface area contributed by atoms with Gasteiger partial charge in [0.1, 0.15) is 11.1 Å². The van der Waals surface area contributed by atoms with Gasteiger partial charge in [0.2, 0.25) is 0 Å². The van der Waals surface area contributed by atoms with Crippen LogP contribution < -0.4 is 16.7 Å². The largest absolute Gasteiger partial charge is 0.422 e. The molecule has 5 nitrogen and oxygen atoms in total. The predicted molar refractivity (Wildman–Crippen MR) is 102 cm³/mol. The number of aryl methyl sites for hydroxylation is 1. The van der Waals surface area contributed by atoms with Gasteiger partial charge in [-0.3, -0.25) is 0 Å². The van der Waals surface area contributed by atoms with Crippen molar-refractivity contribution in [3.63, 3.8) is 0 Å². The second-order valence-electron chi connectivity index (χ2n) is 5.70. The summed E-state index contributed by atoms with van der Waals surface area (Å²) in [7, 11) is 0. The van der Waals surface area contributed by atoms with Gasteiger partial charge in [-0.15, -0.1) is 11.3 Å². The summed E-state index contributed by atoms with van der Waals surface area (Å²) < 4.78 is 5.48. The number of anilines is 3. The van der Waals surface area contributed by atoms with Gasteiger partial charge in [-0.2, -0.15) is 0 Å². The summed E-state index contributed by atoms with van der Waals surface area (Å²) in [5, 5.41) is 6.33. The molecule has 25 heavy (non-hydrogen) atoms. The molecule has 0 spiro atoms. The van der Waals surface area contributed by atoms with Gasteiger partial charge in [-0.05, 0) is 31.2 Å². The van der Waals surface area contributed by atoms with Gasteiger partial charge in [0, 0.05) is 16.5 Å². The maximum absolute atomic E-state index is 12.6. The minimum Gasteiger partial charge on any atom is -0.422 e. The Labute approximate surface area is 147 Å². The van der Waals surface area contributed by atoms with E-state index in [9.17, 15) is 4.79 Å². The first-order valence-corrected chi connectivity index (χ1v) is 8.61. The Morgan fingerprint density at radius 2 is 1.88 bits per heavy atom. The molecule has 4 aromatic rings. The lowest BCUT2D eigenvalue weighted by molar-refractivity contribution is 0.564. The molecule has 2 heterocycles. The second kappa shape index (κ2) is 6.07. The highest BCUT2D eigenvalue weighted by Gasteiger charge is 2.18. The Morgan fingerprint density at radius 1 is 1.12 bits per heavy atom. The maximum atomic E-state index is 12.6. The number of aromatic nitrogens is 1. The molecule has 0 unspecified atom stereocenters. The Balaban J connectivity index is 1.98. The normalized spacial score (nSPS) is 10.9. The summed E-state index contributed by atoms with van der Waals surface area (Å²) in [5.41, 5.74) is 9.43. The number of nitrogen functional groups attached to an aromatic ring is 1. The van der Waals surface area contributed by atoms with Crippen molar-refractivity contribution >= 4 is 38.8 Å². The number of fused-ring (bicyclic) bond motifs is 1. The van der Waals surface area contributed by atoms with Crippen LogP contribution in [0.4, 0.5) is 16.5 Å².